The lowest BCUT2D eigenvalue weighted by molar-refractivity contribution is -0.138. The average Bonchev–Trinajstić information content (AvgIpc) is 3.30. The number of aromatic amines is 1. The van der Waals surface area contributed by atoms with Crippen LogP contribution in [-0.2, 0) is 4.79 Å². The van der Waals surface area contributed by atoms with Crippen LogP contribution in [0.2, 0.25) is 5.15 Å². The second-order valence-corrected chi connectivity index (χ2v) is 9.20. The molecule has 166 valence electrons. The molecule has 2 aromatic carbocycles. The van der Waals surface area contributed by atoms with Crippen LogP contribution in [0.3, 0.4) is 0 Å². The molecule has 0 fully saturated rings. The molecule has 0 saturated heterocycles. The van der Waals surface area contributed by atoms with Crippen molar-refractivity contribution in [1.29, 1.82) is 0 Å². The highest BCUT2D eigenvalue weighted by Crippen LogP contribution is 2.40. The molecule has 8 nitrogen and oxygen atoms in total. The maximum Gasteiger partial charge on any atom is 0.305 e. The molecule has 0 aliphatic rings. The first-order chi connectivity index (χ1) is 15.1. The van der Waals surface area contributed by atoms with Crippen LogP contribution in [0.15, 0.2) is 36.4 Å². The lowest BCUT2D eigenvalue weighted by Crippen LogP contribution is -2.27. The van der Waals surface area contributed by atoms with Gasteiger partial charge in [-0.15, -0.1) is 0 Å². The SMILES string of the molecule is CNC(=O)c1ccc2nc(-c3ccc4c(Cl)n[nH]c4c3)n(C(CC(=O)O)C(C)(C)C)c2c1. The minimum absolute atomic E-state index is 0.0930. The summed E-state index contributed by atoms with van der Waals surface area (Å²) in [5.41, 5.74) is 3.00. The van der Waals surface area contributed by atoms with Gasteiger partial charge in [0.1, 0.15) is 5.82 Å². The lowest BCUT2D eigenvalue weighted by atomic mass is 9.84. The highest BCUT2D eigenvalue weighted by atomic mass is 35.5. The normalized spacial score (nSPS) is 12.9. The Kier molecular flexibility index (Phi) is 5.42. The second kappa shape index (κ2) is 7.94. The van der Waals surface area contributed by atoms with Gasteiger partial charge in [0.15, 0.2) is 5.15 Å². The van der Waals surface area contributed by atoms with Crippen LogP contribution in [0.4, 0.5) is 0 Å². The molecule has 0 spiro atoms. The van der Waals surface area contributed by atoms with Crippen molar-refractivity contribution >= 4 is 45.4 Å². The van der Waals surface area contributed by atoms with Gasteiger partial charge in [0.25, 0.3) is 5.91 Å². The summed E-state index contributed by atoms with van der Waals surface area (Å²) in [6.45, 7) is 5.99. The number of benzene rings is 2. The summed E-state index contributed by atoms with van der Waals surface area (Å²) in [5.74, 6) is -0.515. The van der Waals surface area contributed by atoms with Gasteiger partial charge >= 0.3 is 5.97 Å². The van der Waals surface area contributed by atoms with Crippen molar-refractivity contribution in [2.75, 3.05) is 7.05 Å². The molecule has 1 amide bonds. The highest BCUT2D eigenvalue weighted by molar-refractivity contribution is 6.34. The fourth-order valence-corrected chi connectivity index (χ4v) is 4.18. The summed E-state index contributed by atoms with van der Waals surface area (Å²) in [4.78, 5) is 28.9. The van der Waals surface area contributed by atoms with E-state index in [0.29, 0.717) is 27.6 Å². The molecule has 0 aliphatic carbocycles. The molecule has 2 heterocycles. The van der Waals surface area contributed by atoms with E-state index in [9.17, 15) is 14.7 Å². The molecule has 0 saturated carbocycles. The first kappa shape index (κ1) is 21.8. The summed E-state index contributed by atoms with van der Waals surface area (Å²) in [5, 5.41) is 20.4. The Morgan fingerprint density at radius 1 is 1.22 bits per heavy atom. The average molecular weight is 454 g/mol. The number of carbonyl (C=O) groups is 2. The van der Waals surface area contributed by atoms with Gasteiger partial charge in [-0.25, -0.2) is 4.98 Å². The zero-order valence-electron chi connectivity index (χ0n) is 18.2. The number of imidazole rings is 1. The van der Waals surface area contributed by atoms with Crippen molar-refractivity contribution in [1.82, 2.24) is 25.1 Å². The maximum absolute atomic E-state index is 12.3. The number of H-pyrrole nitrogens is 1. The Balaban J connectivity index is 2.03. The number of nitrogens with one attached hydrogen (secondary N) is 2. The fourth-order valence-electron chi connectivity index (χ4n) is 3.97. The Hall–Kier alpha value is -3.39. The predicted molar refractivity (Wildman–Crippen MR) is 124 cm³/mol. The van der Waals surface area contributed by atoms with E-state index in [4.69, 9.17) is 16.6 Å². The van der Waals surface area contributed by atoms with E-state index in [1.807, 2.05) is 43.5 Å². The third-order valence-electron chi connectivity index (χ3n) is 5.63. The van der Waals surface area contributed by atoms with Gasteiger partial charge in [0, 0.05) is 23.6 Å². The van der Waals surface area contributed by atoms with Crippen LogP contribution in [0.5, 0.6) is 0 Å². The van der Waals surface area contributed by atoms with Crippen LogP contribution in [0.1, 0.15) is 43.6 Å². The molecule has 0 bridgehead atoms. The van der Waals surface area contributed by atoms with E-state index in [0.717, 1.165) is 16.5 Å². The van der Waals surface area contributed by atoms with E-state index in [2.05, 4.69) is 15.5 Å². The Bertz CT molecular complexity index is 1350. The number of carboxylic acid groups (broad SMARTS) is 1. The van der Waals surface area contributed by atoms with Crippen LogP contribution >= 0.6 is 11.6 Å². The third-order valence-corrected chi connectivity index (χ3v) is 5.92. The number of hydrogen-bond acceptors (Lipinski definition) is 4. The quantitative estimate of drug-likeness (QED) is 0.407. The largest absolute Gasteiger partial charge is 0.481 e. The molecule has 0 radical (unpaired) electrons. The number of rotatable bonds is 5. The number of nitrogens with zero attached hydrogens (tertiary/aromatic N) is 3. The zero-order valence-corrected chi connectivity index (χ0v) is 19.0. The standard InChI is InChI=1S/C23H24ClN5O3/c1-23(2,3)18(11-19(30)31)29-17-10-13(22(32)25-4)6-8-15(17)26-21(29)12-5-7-14-16(9-12)27-28-20(14)24/h5-10,18H,11H2,1-4H3,(H,25,32)(H,27,28)(H,30,31). The minimum Gasteiger partial charge on any atom is -0.481 e. The second-order valence-electron chi connectivity index (χ2n) is 8.84. The number of hydrogen-bond donors (Lipinski definition) is 3. The number of aromatic nitrogens is 4. The third kappa shape index (κ3) is 3.82. The van der Waals surface area contributed by atoms with Gasteiger partial charge in [-0.05, 0) is 35.7 Å². The van der Waals surface area contributed by atoms with Gasteiger partial charge in [0.05, 0.1) is 29.0 Å². The van der Waals surface area contributed by atoms with Crippen LogP contribution in [0.25, 0.3) is 33.3 Å². The molecule has 4 aromatic rings. The van der Waals surface area contributed by atoms with Crippen LogP contribution in [-0.4, -0.2) is 43.8 Å². The minimum atomic E-state index is -0.906. The van der Waals surface area contributed by atoms with Crippen LogP contribution in [0, 0.1) is 5.41 Å². The summed E-state index contributed by atoms with van der Waals surface area (Å²) < 4.78 is 1.94. The molecule has 4 rings (SSSR count). The topological polar surface area (TPSA) is 113 Å². The summed E-state index contributed by atoms with van der Waals surface area (Å²) in [7, 11) is 1.57. The predicted octanol–water partition coefficient (Wildman–Crippen LogP) is 4.65. The van der Waals surface area contributed by atoms with Crippen molar-refractivity contribution in [3.8, 4) is 11.4 Å². The molecule has 1 atom stereocenters. The molecule has 1 unspecified atom stereocenters. The molecule has 9 heteroatoms. The first-order valence-corrected chi connectivity index (χ1v) is 10.6. The van der Waals surface area contributed by atoms with Crippen molar-refractivity contribution in [3.63, 3.8) is 0 Å². The number of amides is 1. The van der Waals surface area contributed by atoms with Crippen molar-refractivity contribution < 1.29 is 14.7 Å². The number of aliphatic carboxylic acids is 1. The zero-order chi connectivity index (χ0) is 23.2. The van der Waals surface area contributed by atoms with E-state index in [1.54, 1.807) is 25.2 Å². The monoisotopic (exact) mass is 453 g/mol. The Morgan fingerprint density at radius 2 is 1.97 bits per heavy atom. The maximum atomic E-state index is 12.3. The van der Waals surface area contributed by atoms with Crippen LogP contribution < -0.4 is 5.32 Å². The van der Waals surface area contributed by atoms with Gasteiger partial charge < -0.3 is 15.0 Å². The molecule has 0 aliphatic heterocycles. The highest BCUT2D eigenvalue weighted by Gasteiger charge is 2.32. The van der Waals surface area contributed by atoms with Gasteiger partial charge in [-0.1, -0.05) is 38.4 Å². The first-order valence-electron chi connectivity index (χ1n) is 10.2. The van der Waals surface area contributed by atoms with E-state index in [1.165, 1.54) is 0 Å². The van der Waals surface area contributed by atoms with Crippen molar-refractivity contribution in [2.45, 2.75) is 33.2 Å². The molecular formula is C23H24ClN5O3. The smallest absolute Gasteiger partial charge is 0.305 e. The molecular weight excluding hydrogens is 430 g/mol. The Morgan fingerprint density at radius 3 is 2.62 bits per heavy atom. The van der Waals surface area contributed by atoms with E-state index < -0.39 is 17.4 Å². The number of carboxylic acids is 1. The van der Waals surface area contributed by atoms with Gasteiger partial charge in [0.2, 0.25) is 0 Å². The Labute approximate surface area is 189 Å². The fraction of sp³-hybridized carbons (Fsp3) is 0.304. The number of carbonyl (C=O) groups excluding carboxylic acids is 1. The van der Waals surface area contributed by atoms with Gasteiger partial charge in [-0.2, -0.15) is 5.10 Å². The van der Waals surface area contributed by atoms with Gasteiger partial charge in [-0.3, -0.25) is 14.7 Å². The summed E-state index contributed by atoms with van der Waals surface area (Å²) >= 11 is 6.13. The van der Waals surface area contributed by atoms with Crippen molar-refractivity contribution in [3.05, 3.63) is 47.1 Å². The molecule has 2 aromatic heterocycles. The number of halogens is 1. The summed E-state index contributed by atoms with van der Waals surface area (Å²) in [6, 6.07) is 10.5. The molecule has 32 heavy (non-hydrogen) atoms. The lowest BCUT2D eigenvalue weighted by Gasteiger charge is -2.32. The molecule has 3 N–H and O–H groups in total. The van der Waals surface area contributed by atoms with Crippen molar-refractivity contribution in [2.24, 2.45) is 5.41 Å². The summed E-state index contributed by atoms with van der Waals surface area (Å²) in [6.07, 6.45) is -0.0930. The van der Waals surface area contributed by atoms with E-state index >= 15 is 0 Å². The number of fused-ring (bicyclic) bond motifs is 2. The van der Waals surface area contributed by atoms with E-state index in [-0.39, 0.29) is 12.3 Å².